The average Bonchev–Trinajstić information content (AvgIpc) is 2.69. The molecular weight excluding hydrogens is 338 g/mol. The monoisotopic (exact) mass is 355 g/mol. The van der Waals surface area contributed by atoms with Crippen molar-refractivity contribution in [2.75, 3.05) is 14.2 Å². The molecule has 0 aliphatic carbocycles. The van der Waals surface area contributed by atoms with Crippen LogP contribution in [0.3, 0.4) is 0 Å². The van der Waals surface area contributed by atoms with Gasteiger partial charge in [-0.05, 0) is 24.3 Å². The lowest BCUT2D eigenvalue weighted by molar-refractivity contribution is 0.331. The first kappa shape index (κ1) is 17.3. The predicted octanol–water partition coefficient (Wildman–Crippen LogP) is 3.33. The van der Waals surface area contributed by atoms with Gasteiger partial charge in [-0.25, -0.2) is 0 Å². The van der Waals surface area contributed by atoms with E-state index in [1.807, 2.05) is 6.07 Å². The van der Waals surface area contributed by atoms with Crippen molar-refractivity contribution in [3.05, 3.63) is 54.6 Å². The standard InChI is InChI=1S/C18H17N3O5/c1-22-16-11-17(23-2)21-18(20-16)25-15-9-4-3-8-14(15)24-12-6-5-7-13(10-12)26-19/h3-11H,19H2,1-2H3. The Labute approximate surface area is 150 Å². The van der Waals surface area contributed by atoms with Gasteiger partial charge in [0, 0.05) is 6.07 Å². The molecule has 0 fully saturated rings. The molecule has 0 atom stereocenters. The summed E-state index contributed by atoms with van der Waals surface area (Å²) in [5, 5.41) is 0. The second kappa shape index (κ2) is 8.04. The number of hydrogen-bond acceptors (Lipinski definition) is 8. The topological polar surface area (TPSA) is 98.0 Å². The molecule has 0 unspecified atom stereocenters. The molecule has 1 aromatic heterocycles. The highest BCUT2D eigenvalue weighted by Gasteiger charge is 2.12. The molecule has 2 N–H and O–H groups in total. The van der Waals surface area contributed by atoms with Gasteiger partial charge in [0.1, 0.15) is 5.75 Å². The molecule has 3 rings (SSSR count). The SMILES string of the molecule is COc1cc(OC)nc(Oc2ccccc2Oc2cccc(ON)c2)n1. The Morgan fingerprint density at radius 3 is 1.96 bits per heavy atom. The van der Waals surface area contributed by atoms with E-state index in [0.29, 0.717) is 34.8 Å². The summed E-state index contributed by atoms with van der Waals surface area (Å²) in [6.07, 6.45) is 0. The molecule has 0 aliphatic rings. The fourth-order valence-electron chi connectivity index (χ4n) is 2.09. The lowest BCUT2D eigenvalue weighted by Crippen LogP contribution is -2.01. The Morgan fingerprint density at radius 1 is 0.731 bits per heavy atom. The number of ether oxygens (including phenoxy) is 4. The maximum absolute atomic E-state index is 5.86. The van der Waals surface area contributed by atoms with Crippen LogP contribution in [0.25, 0.3) is 0 Å². The third kappa shape index (κ3) is 4.11. The number of rotatable bonds is 7. The van der Waals surface area contributed by atoms with Crippen LogP contribution in [0.15, 0.2) is 54.6 Å². The van der Waals surface area contributed by atoms with E-state index in [-0.39, 0.29) is 6.01 Å². The van der Waals surface area contributed by atoms with Gasteiger partial charge in [-0.2, -0.15) is 15.9 Å². The number of benzene rings is 2. The van der Waals surface area contributed by atoms with E-state index < -0.39 is 0 Å². The molecule has 3 aromatic rings. The van der Waals surface area contributed by atoms with Crippen molar-refractivity contribution < 1.29 is 23.8 Å². The normalized spacial score (nSPS) is 10.1. The molecule has 8 nitrogen and oxygen atoms in total. The molecule has 134 valence electrons. The first-order valence-electron chi connectivity index (χ1n) is 7.60. The zero-order valence-corrected chi connectivity index (χ0v) is 14.2. The highest BCUT2D eigenvalue weighted by atomic mass is 16.6. The molecule has 0 amide bonds. The molecule has 1 heterocycles. The summed E-state index contributed by atoms with van der Waals surface area (Å²) in [5.41, 5.74) is 0. The van der Waals surface area contributed by atoms with Crippen LogP contribution in [0.1, 0.15) is 0 Å². The van der Waals surface area contributed by atoms with Gasteiger partial charge in [0.15, 0.2) is 17.2 Å². The van der Waals surface area contributed by atoms with E-state index in [9.17, 15) is 0 Å². The summed E-state index contributed by atoms with van der Waals surface area (Å²) in [6.45, 7) is 0. The lowest BCUT2D eigenvalue weighted by Gasteiger charge is -2.12. The zero-order valence-electron chi connectivity index (χ0n) is 14.2. The fourth-order valence-corrected chi connectivity index (χ4v) is 2.09. The number of aromatic nitrogens is 2. The van der Waals surface area contributed by atoms with E-state index in [4.69, 9.17) is 29.7 Å². The minimum atomic E-state index is 0.0660. The maximum Gasteiger partial charge on any atom is 0.328 e. The first-order chi connectivity index (χ1) is 12.7. The van der Waals surface area contributed by atoms with Crippen molar-refractivity contribution in [3.8, 4) is 40.8 Å². The third-order valence-corrected chi connectivity index (χ3v) is 3.30. The Balaban J connectivity index is 1.87. The van der Waals surface area contributed by atoms with Crippen LogP contribution in [0.5, 0.6) is 40.8 Å². The summed E-state index contributed by atoms with van der Waals surface area (Å²) >= 11 is 0. The minimum absolute atomic E-state index is 0.0660. The van der Waals surface area contributed by atoms with Gasteiger partial charge < -0.3 is 23.8 Å². The Morgan fingerprint density at radius 2 is 1.35 bits per heavy atom. The molecule has 0 aliphatic heterocycles. The maximum atomic E-state index is 5.86. The highest BCUT2D eigenvalue weighted by molar-refractivity contribution is 5.45. The van der Waals surface area contributed by atoms with Crippen LogP contribution in [0.4, 0.5) is 0 Å². The van der Waals surface area contributed by atoms with Gasteiger partial charge in [0.05, 0.1) is 20.3 Å². The van der Waals surface area contributed by atoms with Gasteiger partial charge in [-0.3, -0.25) is 0 Å². The average molecular weight is 355 g/mol. The molecule has 2 aromatic carbocycles. The van der Waals surface area contributed by atoms with Crippen molar-refractivity contribution in [1.82, 2.24) is 9.97 Å². The number of para-hydroxylation sites is 2. The molecule has 26 heavy (non-hydrogen) atoms. The Kier molecular flexibility index (Phi) is 5.35. The third-order valence-electron chi connectivity index (χ3n) is 3.30. The second-order valence-corrected chi connectivity index (χ2v) is 4.98. The minimum Gasteiger partial charge on any atom is -0.481 e. The van der Waals surface area contributed by atoms with Gasteiger partial charge in [0.2, 0.25) is 11.8 Å². The molecule has 0 radical (unpaired) electrons. The first-order valence-corrected chi connectivity index (χ1v) is 7.60. The van der Waals surface area contributed by atoms with Crippen LogP contribution < -0.4 is 29.7 Å². The summed E-state index contributed by atoms with van der Waals surface area (Å²) in [5.74, 6) is 7.71. The van der Waals surface area contributed by atoms with Crippen molar-refractivity contribution in [1.29, 1.82) is 0 Å². The van der Waals surface area contributed by atoms with Crippen molar-refractivity contribution >= 4 is 0 Å². The zero-order chi connectivity index (χ0) is 18.4. The largest absolute Gasteiger partial charge is 0.481 e. The molecule has 0 bridgehead atoms. The summed E-state index contributed by atoms with van der Waals surface area (Å²) in [4.78, 5) is 13.0. The van der Waals surface area contributed by atoms with E-state index in [0.717, 1.165) is 0 Å². The molecule has 0 spiro atoms. The number of methoxy groups -OCH3 is 2. The molecular formula is C18H17N3O5. The van der Waals surface area contributed by atoms with E-state index >= 15 is 0 Å². The fraction of sp³-hybridized carbons (Fsp3) is 0.111. The Hall–Kier alpha value is -3.52. The number of nitrogens with zero attached hydrogens (tertiary/aromatic N) is 2. The van der Waals surface area contributed by atoms with Crippen LogP contribution in [-0.2, 0) is 0 Å². The molecule has 0 saturated heterocycles. The van der Waals surface area contributed by atoms with Crippen molar-refractivity contribution in [2.24, 2.45) is 5.90 Å². The van der Waals surface area contributed by atoms with Crippen LogP contribution in [0.2, 0.25) is 0 Å². The highest BCUT2D eigenvalue weighted by Crippen LogP contribution is 2.35. The van der Waals surface area contributed by atoms with Gasteiger partial charge in [-0.1, -0.05) is 18.2 Å². The van der Waals surface area contributed by atoms with Crippen molar-refractivity contribution in [3.63, 3.8) is 0 Å². The summed E-state index contributed by atoms with van der Waals surface area (Å²) in [6, 6.07) is 15.6. The summed E-state index contributed by atoms with van der Waals surface area (Å²) in [7, 11) is 2.99. The summed E-state index contributed by atoms with van der Waals surface area (Å²) < 4.78 is 21.9. The smallest absolute Gasteiger partial charge is 0.328 e. The second-order valence-electron chi connectivity index (χ2n) is 4.98. The lowest BCUT2D eigenvalue weighted by atomic mass is 10.3. The predicted molar refractivity (Wildman–Crippen MR) is 93.0 cm³/mol. The van der Waals surface area contributed by atoms with E-state index in [1.165, 1.54) is 14.2 Å². The quantitative estimate of drug-likeness (QED) is 0.645. The van der Waals surface area contributed by atoms with E-state index in [1.54, 1.807) is 48.5 Å². The van der Waals surface area contributed by atoms with Crippen molar-refractivity contribution in [2.45, 2.75) is 0 Å². The van der Waals surface area contributed by atoms with Gasteiger partial charge in [0.25, 0.3) is 0 Å². The molecule has 8 heteroatoms. The van der Waals surface area contributed by atoms with Crippen LogP contribution >= 0.6 is 0 Å². The Bertz CT molecular complexity index is 866. The van der Waals surface area contributed by atoms with E-state index in [2.05, 4.69) is 9.97 Å². The van der Waals surface area contributed by atoms with Gasteiger partial charge >= 0.3 is 6.01 Å². The number of nitrogens with two attached hydrogens (primary N) is 1. The molecule has 0 saturated carbocycles. The van der Waals surface area contributed by atoms with Crippen LogP contribution in [0, 0.1) is 0 Å². The number of hydrogen-bond donors (Lipinski definition) is 1. The van der Waals surface area contributed by atoms with Gasteiger partial charge in [-0.15, -0.1) is 0 Å². The van der Waals surface area contributed by atoms with Crippen LogP contribution in [-0.4, -0.2) is 24.2 Å².